The Bertz CT molecular complexity index is 336. The molecule has 0 amide bonds. The van der Waals surface area contributed by atoms with Crippen molar-refractivity contribution in [2.75, 3.05) is 6.61 Å². The second-order valence-electron chi connectivity index (χ2n) is 3.96. The Morgan fingerprint density at radius 1 is 1.50 bits per heavy atom. The van der Waals surface area contributed by atoms with E-state index in [0.717, 1.165) is 17.3 Å². The van der Waals surface area contributed by atoms with Crippen molar-refractivity contribution in [1.29, 1.82) is 0 Å². The first kappa shape index (κ1) is 10.1. The molecule has 3 N–H and O–H groups in total. The van der Waals surface area contributed by atoms with Crippen molar-refractivity contribution in [3.05, 3.63) is 34.3 Å². The summed E-state index contributed by atoms with van der Waals surface area (Å²) in [5.74, 6) is 0. The Morgan fingerprint density at radius 3 is 2.71 bits per heavy atom. The first-order chi connectivity index (χ1) is 6.69. The minimum absolute atomic E-state index is 0.0402. The van der Waals surface area contributed by atoms with E-state index in [4.69, 9.17) is 10.8 Å². The van der Waals surface area contributed by atoms with Gasteiger partial charge in [0.25, 0.3) is 0 Å². The molecule has 0 aromatic heterocycles. The van der Waals surface area contributed by atoms with Crippen LogP contribution >= 0.6 is 15.9 Å². The van der Waals surface area contributed by atoms with E-state index in [1.165, 1.54) is 5.56 Å². The van der Waals surface area contributed by atoms with Crippen molar-refractivity contribution in [2.24, 2.45) is 5.73 Å². The molecule has 1 aromatic carbocycles. The van der Waals surface area contributed by atoms with Crippen LogP contribution < -0.4 is 5.73 Å². The SMILES string of the molecule is NC(CO)C1(c2cccc(Br)c2)CC1. The highest BCUT2D eigenvalue weighted by Gasteiger charge is 2.48. The topological polar surface area (TPSA) is 46.2 Å². The molecule has 0 heterocycles. The van der Waals surface area contributed by atoms with Gasteiger partial charge in [0.05, 0.1) is 6.61 Å². The van der Waals surface area contributed by atoms with Crippen LogP contribution in [0.15, 0.2) is 28.7 Å². The van der Waals surface area contributed by atoms with Gasteiger partial charge in [-0.15, -0.1) is 0 Å². The molecular formula is C11H14BrNO. The molecule has 1 atom stereocenters. The molecule has 1 aromatic rings. The van der Waals surface area contributed by atoms with Crippen molar-refractivity contribution in [2.45, 2.75) is 24.3 Å². The van der Waals surface area contributed by atoms with E-state index in [1.807, 2.05) is 12.1 Å². The molecule has 1 fully saturated rings. The number of aliphatic hydroxyl groups excluding tert-OH is 1. The molecule has 2 nitrogen and oxygen atoms in total. The summed E-state index contributed by atoms with van der Waals surface area (Å²) in [7, 11) is 0. The van der Waals surface area contributed by atoms with Crippen molar-refractivity contribution < 1.29 is 5.11 Å². The summed E-state index contributed by atoms with van der Waals surface area (Å²) in [4.78, 5) is 0. The van der Waals surface area contributed by atoms with Gasteiger partial charge >= 0.3 is 0 Å². The lowest BCUT2D eigenvalue weighted by Gasteiger charge is -2.22. The summed E-state index contributed by atoms with van der Waals surface area (Å²) in [6.45, 7) is 0.0620. The maximum Gasteiger partial charge on any atom is 0.0591 e. The zero-order chi connectivity index (χ0) is 10.2. The van der Waals surface area contributed by atoms with Crippen molar-refractivity contribution in [3.63, 3.8) is 0 Å². The van der Waals surface area contributed by atoms with Gasteiger partial charge in [-0.1, -0.05) is 28.1 Å². The normalized spacial score (nSPS) is 20.5. The van der Waals surface area contributed by atoms with Crippen LogP contribution in [0.2, 0.25) is 0 Å². The molecular weight excluding hydrogens is 242 g/mol. The molecule has 0 aliphatic heterocycles. The predicted octanol–water partition coefficient (Wildman–Crippen LogP) is 1.80. The summed E-state index contributed by atoms with van der Waals surface area (Å²) in [6, 6.07) is 8.08. The molecule has 2 rings (SSSR count). The van der Waals surface area contributed by atoms with Gasteiger partial charge in [-0.05, 0) is 30.5 Å². The standard InChI is InChI=1S/C11H14BrNO/c12-9-3-1-2-8(6-9)11(4-5-11)10(13)7-14/h1-3,6,10,14H,4-5,7,13H2. The lowest BCUT2D eigenvalue weighted by molar-refractivity contribution is 0.242. The molecule has 1 unspecified atom stereocenters. The van der Waals surface area contributed by atoms with Crippen LogP contribution in [0.25, 0.3) is 0 Å². The number of aliphatic hydroxyl groups is 1. The van der Waals surface area contributed by atoms with Gasteiger partial charge < -0.3 is 10.8 Å². The van der Waals surface area contributed by atoms with Gasteiger partial charge in [-0.3, -0.25) is 0 Å². The van der Waals surface area contributed by atoms with Crippen LogP contribution in [0.5, 0.6) is 0 Å². The smallest absolute Gasteiger partial charge is 0.0591 e. The van der Waals surface area contributed by atoms with Gasteiger partial charge in [0, 0.05) is 15.9 Å². The highest BCUT2D eigenvalue weighted by Crippen LogP contribution is 2.50. The summed E-state index contributed by atoms with van der Waals surface area (Å²) in [5, 5.41) is 9.10. The Morgan fingerprint density at radius 2 is 2.21 bits per heavy atom. The Kier molecular flexibility index (Phi) is 2.64. The maximum atomic E-state index is 9.10. The lowest BCUT2D eigenvalue weighted by Crippen LogP contribution is -2.38. The summed E-state index contributed by atoms with van der Waals surface area (Å²) in [6.07, 6.45) is 2.18. The van der Waals surface area contributed by atoms with E-state index in [-0.39, 0.29) is 18.1 Å². The van der Waals surface area contributed by atoms with Crippen LogP contribution in [-0.4, -0.2) is 17.8 Å². The molecule has 1 aliphatic carbocycles. The number of benzene rings is 1. The molecule has 0 saturated heterocycles. The minimum atomic E-state index is -0.128. The molecule has 76 valence electrons. The number of hydrogen-bond donors (Lipinski definition) is 2. The van der Waals surface area contributed by atoms with E-state index in [0.29, 0.717) is 0 Å². The molecule has 1 aliphatic rings. The van der Waals surface area contributed by atoms with Gasteiger partial charge in [0.2, 0.25) is 0 Å². The molecule has 0 spiro atoms. The van der Waals surface area contributed by atoms with Crippen molar-refractivity contribution in [3.8, 4) is 0 Å². The fourth-order valence-corrected chi connectivity index (χ4v) is 2.38. The first-order valence-electron chi connectivity index (χ1n) is 4.81. The molecule has 0 radical (unpaired) electrons. The van der Waals surface area contributed by atoms with Crippen LogP contribution in [0, 0.1) is 0 Å². The fraction of sp³-hybridized carbons (Fsp3) is 0.455. The average Bonchev–Trinajstić information content (AvgIpc) is 2.97. The van der Waals surface area contributed by atoms with Crippen LogP contribution in [0.4, 0.5) is 0 Å². The van der Waals surface area contributed by atoms with Gasteiger partial charge in [-0.2, -0.15) is 0 Å². The number of nitrogens with two attached hydrogens (primary N) is 1. The third kappa shape index (κ3) is 1.60. The molecule has 14 heavy (non-hydrogen) atoms. The van der Waals surface area contributed by atoms with Crippen LogP contribution in [0.3, 0.4) is 0 Å². The van der Waals surface area contributed by atoms with E-state index in [1.54, 1.807) is 0 Å². The third-order valence-corrected chi connectivity index (χ3v) is 3.59. The monoisotopic (exact) mass is 255 g/mol. The van der Waals surface area contributed by atoms with Crippen molar-refractivity contribution in [1.82, 2.24) is 0 Å². The highest BCUT2D eigenvalue weighted by atomic mass is 79.9. The second kappa shape index (κ2) is 3.65. The van der Waals surface area contributed by atoms with Crippen molar-refractivity contribution >= 4 is 15.9 Å². The summed E-state index contributed by atoms with van der Waals surface area (Å²) < 4.78 is 1.08. The zero-order valence-corrected chi connectivity index (χ0v) is 9.50. The van der Waals surface area contributed by atoms with E-state index < -0.39 is 0 Å². The quantitative estimate of drug-likeness (QED) is 0.866. The largest absolute Gasteiger partial charge is 0.395 e. The molecule has 1 saturated carbocycles. The van der Waals surface area contributed by atoms with Gasteiger partial charge in [0.1, 0.15) is 0 Å². The van der Waals surface area contributed by atoms with Gasteiger partial charge in [-0.25, -0.2) is 0 Å². The van der Waals surface area contributed by atoms with E-state index in [9.17, 15) is 0 Å². The van der Waals surface area contributed by atoms with Gasteiger partial charge in [0.15, 0.2) is 0 Å². The summed E-state index contributed by atoms with van der Waals surface area (Å²) in [5.41, 5.74) is 7.21. The highest BCUT2D eigenvalue weighted by molar-refractivity contribution is 9.10. The summed E-state index contributed by atoms with van der Waals surface area (Å²) >= 11 is 3.45. The number of rotatable bonds is 3. The first-order valence-corrected chi connectivity index (χ1v) is 5.61. The second-order valence-corrected chi connectivity index (χ2v) is 4.87. The predicted molar refractivity (Wildman–Crippen MR) is 60.1 cm³/mol. The minimum Gasteiger partial charge on any atom is -0.395 e. The van der Waals surface area contributed by atoms with E-state index in [2.05, 4.69) is 28.1 Å². The fourth-order valence-electron chi connectivity index (χ4n) is 1.98. The molecule has 0 bridgehead atoms. The number of halogens is 1. The van der Waals surface area contributed by atoms with Crippen LogP contribution in [-0.2, 0) is 5.41 Å². The van der Waals surface area contributed by atoms with E-state index >= 15 is 0 Å². The Balaban J connectivity index is 2.30. The van der Waals surface area contributed by atoms with Crippen LogP contribution in [0.1, 0.15) is 18.4 Å². The Labute approximate surface area is 92.3 Å². The molecule has 3 heteroatoms. The zero-order valence-electron chi connectivity index (χ0n) is 7.91. The average molecular weight is 256 g/mol. The third-order valence-electron chi connectivity index (χ3n) is 3.09. The maximum absolute atomic E-state index is 9.10. The Hall–Kier alpha value is -0.380. The lowest BCUT2D eigenvalue weighted by atomic mass is 9.89. The number of hydrogen-bond acceptors (Lipinski definition) is 2.